The molecule has 19 heavy (non-hydrogen) atoms. The largest absolute Gasteiger partial charge is 0.370 e. The minimum absolute atomic E-state index is 0.293. The Balaban J connectivity index is 2.48. The second kappa shape index (κ2) is 8.53. The van der Waals surface area contributed by atoms with Crippen LogP contribution in [0.25, 0.3) is 0 Å². The maximum atomic E-state index is 5.68. The first-order valence-corrected chi connectivity index (χ1v) is 7.04. The van der Waals surface area contributed by atoms with Crippen LogP contribution in [-0.2, 0) is 0 Å². The van der Waals surface area contributed by atoms with E-state index < -0.39 is 0 Å². The third-order valence-electron chi connectivity index (χ3n) is 2.82. The fourth-order valence-corrected chi connectivity index (χ4v) is 1.91. The van der Waals surface area contributed by atoms with Crippen molar-refractivity contribution >= 4 is 17.6 Å². The van der Waals surface area contributed by atoms with Gasteiger partial charge in [-0.3, -0.25) is 0 Å². The molecule has 1 rings (SSSR count). The van der Waals surface area contributed by atoms with E-state index in [1.807, 2.05) is 13.0 Å². The van der Waals surface area contributed by atoms with Gasteiger partial charge in [0.15, 0.2) is 0 Å². The zero-order valence-electron chi connectivity index (χ0n) is 12.2. The predicted octanol–water partition coefficient (Wildman–Crippen LogP) is 1.63. The Hall–Kier alpha value is -1.56. The maximum Gasteiger partial charge on any atom is 0.223 e. The Morgan fingerprint density at radius 1 is 1.11 bits per heavy atom. The topological polar surface area (TPSA) is 79.1 Å². The Morgan fingerprint density at radius 3 is 2.37 bits per heavy atom. The predicted molar refractivity (Wildman–Crippen MR) is 81.5 cm³/mol. The number of anilines is 3. The molecule has 0 bridgehead atoms. The Bertz CT molecular complexity index is 368. The van der Waals surface area contributed by atoms with Gasteiger partial charge < -0.3 is 21.3 Å². The van der Waals surface area contributed by atoms with Crippen LogP contribution in [-0.4, -0.2) is 47.6 Å². The van der Waals surface area contributed by atoms with Gasteiger partial charge in [0.05, 0.1) is 0 Å². The lowest BCUT2D eigenvalue weighted by atomic mass is 10.4. The molecule has 0 aliphatic heterocycles. The van der Waals surface area contributed by atoms with Gasteiger partial charge in [-0.1, -0.05) is 13.8 Å². The van der Waals surface area contributed by atoms with Crippen LogP contribution in [0.5, 0.6) is 0 Å². The molecule has 1 aromatic heterocycles. The molecule has 0 atom stereocenters. The van der Waals surface area contributed by atoms with Crippen molar-refractivity contribution in [3.05, 3.63) is 6.07 Å². The maximum absolute atomic E-state index is 5.68. The second-order valence-corrected chi connectivity index (χ2v) is 4.39. The van der Waals surface area contributed by atoms with Crippen LogP contribution in [0.2, 0.25) is 0 Å². The van der Waals surface area contributed by atoms with Crippen LogP contribution < -0.4 is 16.4 Å². The monoisotopic (exact) mass is 266 g/mol. The zero-order chi connectivity index (χ0) is 14.1. The number of likely N-dealkylation sites (N-methyl/N-ethyl adjacent to an activating group) is 1. The van der Waals surface area contributed by atoms with Gasteiger partial charge in [0.1, 0.15) is 11.6 Å². The van der Waals surface area contributed by atoms with Crippen LogP contribution >= 0.6 is 0 Å². The minimum Gasteiger partial charge on any atom is -0.370 e. The summed E-state index contributed by atoms with van der Waals surface area (Å²) in [4.78, 5) is 10.7. The molecule has 4 N–H and O–H groups in total. The highest BCUT2D eigenvalue weighted by atomic mass is 15.2. The van der Waals surface area contributed by atoms with Crippen molar-refractivity contribution < 1.29 is 0 Å². The summed E-state index contributed by atoms with van der Waals surface area (Å²) in [5, 5.41) is 6.43. The van der Waals surface area contributed by atoms with Crippen molar-refractivity contribution in [2.24, 2.45) is 0 Å². The van der Waals surface area contributed by atoms with Gasteiger partial charge >= 0.3 is 0 Å². The van der Waals surface area contributed by atoms with Gasteiger partial charge in [-0.25, -0.2) is 0 Å². The summed E-state index contributed by atoms with van der Waals surface area (Å²) in [6, 6.07) is 1.88. The molecular formula is C13H26N6. The van der Waals surface area contributed by atoms with Crippen molar-refractivity contribution in [2.75, 3.05) is 49.1 Å². The second-order valence-electron chi connectivity index (χ2n) is 4.39. The number of nitrogens with one attached hydrogen (secondary N) is 2. The average Bonchev–Trinajstić information content (AvgIpc) is 2.37. The summed E-state index contributed by atoms with van der Waals surface area (Å²) in [5.74, 6) is 1.83. The van der Waals surface area contributed by atoms with E-state index in [0.717, 1.165) is 44.4 Å². The van der Waals surface area contributed by atoms with E-state index in [1.165, 1.54) is 6.42 Å². The van der Waals surface area contributed by atoms with Crippen LogP contribution in [0.15, 0.2) is 6.07 Å². The van der Waals surface area contributed by atoms with Crippen LogP contribution in [0.1, 0.15) is 27.2 Å². The molecule has 6 heteroatoms. The van der Waals surface area contributed by atoms with E-state index in [9.17, 15) is 0 Å². The molecule has 0 saturated heterocycles. The van der Waals surface area contributed by atoms with E-state index >= 15 is 0 Å². The van der Waals surface area contributed by atoms with Gasteiger partial charge in [-0.05, 0) is 26.4 Å². The Morgan fingerprint density at radius 2 is 1.79 bits per heavy atom. The summed E-state index contributed by atoms with van der Waals surface area (Å²) in [6.45, 7) is 11.3. The summed E-state index contributed by atoms with van der Waals surface area (Å²) in [6.07, 6.45) is 1.18. The minimum atomic E-state index is 0.293. The lowest BCUT2D eigenvalue weighted by Gasteiger charge is -2.19. The first-order valence-electron chi connectivity index (χ1n) is 7.04. The lowest BCUT2D eigenvalue weighted by molar-refractivity contribution is 0.300. The molecule has 0 aromatic carbocycles. The van der Waals surface area contributed by atoms with Gasteiger partial charge in [-0.15, -0.1) is 0 Å². The van der Waals surface area contributed by atoms with Gasteiger partial charge in [0, 0.05) is 25.7 Å². The van der Waals surface area contributed by atoms with Crippen LogP contribution in [0, 0.1) is 0 Å². The highest BCUT2D eigenvalue weighted by Gasteiger charge is 2.03. The number of nitrogens with zero attached hydrogens (tertiary/aromatic N) is 3. The first kappa shape index (κ1) is 15.5. The van der Waals surface area contributed by atoms with Crippen molar-refractivity contribution in [1.29, 1.82) is 0 Å². The third-order valence-corrected chi connectivity index (χ3v) is 2.82. The Kier molecular flexibility index (Phi) is 6.95. The van der Waals surface area contributed by atoms with Crippen molar-refractivity contribution in [2.45, 2.75) is 27.2 Å². The summed E-state index contributed by atoms with van der Waals surface area (Å²) < 4.78 is 0. The average molecular weight is 266 g/mol. The molecule has 6 nitrogen and oxygen atoms in total. The summed E-state index contributed by atoms with van der Waals surface area (Å²) >= 11 is 0. The number of rotatable bonds is 9. The molecule has 0 aliphatic carbocycles. The van der Waals surface area contributed by atoms with Gasteiger partial charge in [0.2, 0.25) is 5.95 Å². The molecule has 108 valence electrons. The van der Waals surface area contributed by atoms with E-state index in [4.69, 9.17) is 5.73 Å². The van der Waals surface area contributed by atoms with E-state index in [2.05, 4.69) is 39.3 Å². The number of nitrogen functional groups attached to an aromatic ring is 1. The fourth-order valence-electron chi connectivity index (χ4n) is 1.91. The van der Waals surface area contributed by atoms with E-state index in [1.54, 1.807) is 0 Å². The van der Waals surface area contributed by atoms with E-state index in [0.29, 0.717) is 5.95 Å². The number of hydrogen-bond donors (Lipinski definition) is 3. The fraction of sp³-hybridized carbons (Fsp3) is 0.692. The van der Waals surface area contributed by atoms with Gasteiger partial charge in [0.25, 0.3) is 0 Å². The SMILES string of the molecule is CCCN(CC)CCNc1cc(NCC)nc(N)n1. The zero-order valence-corrected chi connectivity index (χ0v) is 12.2. The quantitative estimate of drug-likeness (QED) is 0.630. The summed E-state index contributed by atoms with van der Waals surface area (Å²) in [5.41, 5.74) is 5.68. The number of hydrogen-bond acceptors (Lipinski definition) is 6. The number of nitrogens with two attached hydrogens (primary N) is 1. The van der Waals surface area contributed by atoms with E-state index in [-0.39, 0.29) is 0 Å². The van der Waals surface area contributed by atoms with Crippen LogP contribution in [0.3, 0.4) is 0 Å². The highest BCUT2D eigenvalue weighted by molar-refractivity contribution is 5.50. The molecule has 0 spiro atoms. The highest BCUT2D eigenvalue weighted by Crippen LogP contribution is 2.11. The molecule has 0 fully saturated rings. The standard InChI is InChI=1S/C13H26N6/c1-4-8-19(6-3)9-7-16-12-10-11(15-5-2)17-13(14)18-12/h10H,4-9H2,1-3H3,(H4,14,15,16,17,18). The molecular weight excluding hydrogens is 240 g/mol. The third kappa shape index (κ3) is 5.74. The molecule has 0 saturated carbocycles. The number of aromatic nitrogens is 2. The van der Waals surface area contributed by atoms with Crippen molar-refractivity contribution in [3.8, 4) is 0 Å². The summed E-state index contributed by atoms with van der Waals surface area (Å²) in [7, 11) is 0. The lowest BCUT2D eigenvalue weighted by Crippen LogP contribution is -2.29. The molecule has 0 amide bonds. The Labute approximate surface area is 115 Å². The molecule has 0 unspecified atom stereocenters. The van der Waals surface area contributed by atoms with Crippen LogP contribution in [0.4, 0.5) is 17.6 Å². The molecule has 1 aromatic rings. The van der Waals surface area contributed by atoms with Crippen molar-refractivity contribution in [3.63, 3.8) is 0 Å². The molecule has 0 radical (unpaired) electrons. The smallest absolute Gasteiger partial charge is 0.223 e. The van der Waals surface area contributed by atoms with Crippen molar-refractivity contribution in [1.82, 2.24) is 14.9 Å². The molecule has 0 aliphatic rings. The van der Waals surface area contributed by atoms with Gasteiger partial charge in [-0.2, -0.15) is 9.97 Å². The normalized spacial score (nSPS) is 10.7. The molecule has 1 heterocycles. The first-order chi connectivity index (χ1) is 9.19.